The fourth-order valence-electron chi connectivity index (χ4n) is 12.1. The molecule has 14 nitrogen and oxygen atoms in total. The number of morpholine rings is 2. The second-order valence-electron chi connectivity index (χ2n) is 21.4. The van der Waals surface area contributed by atoms with Gasteiger partial charge in [0.05, 0.1) is 26.4 Å². The fourth-order valence-corrected chi connectivity index (χ4v) is 12.1. The molecule has 0 radical (unpaired) electrons. The summed E-state index contributed by atoms with van der Waals surface area (Å²) in [5, 5.41) is 20.4. The molecule has 0 aliphatic carbocycles. The van der Waals surface area contributed by atoms with Crippen LogP contribution in [0.15, 0.2) is 0 Å². The third-order valence-corrected chi connectivity index (χ3v) is 16.6. The molecule has 1 unspecified atom stereocenters. The van der Waals surface area contributed by atoms with Crippen molar-refractivity contribution in [2.75, 3.05) is 185 Å². The van der Waals surface area contributed by atoms with Crippen LogP contribution in [0.4, 0.5) is 0 Å². The topological polar surface area (TPSA) is 110 Å². The third kappa shape index (κ3) is 21.0. The molecule has 11 heterocycles. The number of hydrogen-bond acceptors (Lipinski definition) is 14. The van der Waals surface area contributed by atoms with E-state index in [-0.39, 0.29) is 0 Å². The lowest BCUT2D eigenvalue weighted by atomic mass is 10.0. The number of rotatable bonds is 6. The van der Waals surface area contributed by atoms with Gasteiger partial charge in [-0.05, 0) is 235 Å². The Labute approximate surface area is 405 Å². The minimum Gasteiger partial charge on any atom is -0.379 e. The Bertz CT molecular complexity index is 1000. The zero-order chi connectivity index (χ0) is 45.7. The van der Waals surface area contributed by atoms with E-state index in [0.29, 0.717) is 0 Å². The molecule has 386 valence electrons. The predicted molar refractivity (Wildman–Crippen MR) is 276 cm³/mol. The van der Waals surface area contributed by atoms with Gasteiger partial charge in [-0.2, -0.15) is 0 Å². The maximum absolute atomic E-state index is 5.33. The highest BCUT2D eigenvalue weighted by atomic mass is 16.5. The molecule has 0 saturated carbocycles. The largest absolute Gasteiger partial charge is 0.379 e. The monoisotopic (exact) mass is 931 g/mol. The van der Waals surface area contributed by atoms with Crippen LogP contribution >= 0.6 is 0 Å². The Hall–Kier alpha value is -0.560. The molecule has 11 saturated heterocycles. The maximum atomic E-state index is 5.33. The van der Waals surface area contributed by atoms with Gasteiger partial charge in [-0.1, -0.05) is 6.42 Å². The Morgan fingerprint density at radius 1 is 0.303 bits per heavy atom. The van der Waals surface area contributed by atoms with E-state index in [1.165, 1.54) is 233 Å². The molecule has 0 aromatic rings. The van der Waals surface area contributed by atoms with Crippen LogP contribution in [0.5, 0.6) is 0 Å². The highest BCUT2D eigenvalue weighted by molar-refractivity contribution is 4.84. The summed E-state index contributed by atoms with van der Waals surface area (Å²) in [4.78, 5) is 15.5. The Kier molecular flexibility index (Phi) is 28.1. The van der Waals surface area contributed by atoms with Crippen LogP contribution in [0.2, 0.25) is 0 Å². The molecular weight excluding hydrogens is 825 g/mol. The van der Waals surface area contributed by atoms with Crippen molar-refractivity contribution in [3.63, 3.8) is 0 Å². The van der Waals surface area contributed by atoms with E-state index < -0.39 is 0 Å². The third-order valence-electron chi connectivity index (χ3n) is 16.6. The maximum Gasteiger partial charge on any atom is 0.0594 e. The second kappa shape index (κ2) is 33.9. The molecule has 66 heavy (non-hydrogen) atoms. The van der Waals surface area contributed by atoms with Crippen LogP contribution < -0.4 is 31.9 Å². The van der Waals surface area contributed by atoms with Crippen LogP contribution in [0.3, 0.4) is 0 Å². The average molecular weight is 932 g/mol. The summed E-state index contributed by atoms with van der Waals surface area (Å²) in [6.45, 7) is 31.1. The number of piperidine rings is 7. The molecule has 0 amide bonds. The van der Waals surface area contributed by atoms with Gasteiger partial charge in [-0.15, -0.1) is 0 Å². The van der Waals surface area contributed by atoms with E-state index in [1.54, 1.807) is 0 Å². The summed E-state index contributed by atoms with van der Waals surface area (Å²) >= 11 is 0. The number of nitrogens with zero attached hydrogens (tertiary/aromatic N) is 6. The summed E-state index contributed by atoms with van der Waals surface area (Å²) in [5.41, 5.74) is 0. The minimum atomic E-state index is 0.780. The van der Waals surface area contributed by atoms with E-state index in [4.69, 9.17) is 9.47 Å². The van der Waals surface area contributed by atoms with Gasteiger partial charge in [0.1, 0.15) is 0 Å². The molecule has 0 aromatic carbocycles. The lowest BCUT2D eigenvalue weighted by molar-refractivity contribution is 0.0101. The first-order valence-electron chi connectivity index (χ1n) is 28.4. The van der Waals surface area contributed by atoms with Crippen molar-refractivity contribution in [2.24, 2.45) is 0 Å². The van der Waals surface area contributed by atoms with Crippen LogP contribution in [0, 0.1) is 0 Å². The van der Waals surface area contributed by atoms with Crippen LogP contribution in [0.25, 0.3) is 0 Å². The van der Waals surface area contributed by atoms with Crippen molar-refractivity contribution >= 4 is 0 Å². The van der Waals surface area contributed by atoms with Crippen molar-refractivity contribution in [3.05, 3.63) is 0 Å². The highest BCUT2D eigenvalue weighted by Gasteiger charge is 2.27. The van der Waals surface area contributed by atoms with E-state index in [2.05, 4.69) is 75.4 Å². The summed E-state index contributed by atoms with van der Waals surface area (Å²) in [6, 6.07) is 5.18. The van der Waals surface area contributed by atoms with Crippen molar-refractivity contribution in [1.82, 2.24) is 61.3 Å². The van der Waals surface area contributed by atoms with Crippen molar-refractivity contribution in [2.45, 2.75) is 152 Å². The molecule has 1 atom stereocenters. The first-order valence-corrected chi connectivity index (χ1v) is 28.4. The van der Waals surface area contributed by atoms with E-state index >= 15 is 0 Å². The molecule has 11 aliphatic rings. The van der Waals surface area contributed by atoms with E-state index in [0.717, 1.165) is 88.9 Å². The van der Waals surface area contributed by atoms with Crippen molar-refractivity contribution < 1.29 is 9.47 Å². The molecule has 0 bridgehead atoms. The quantitative estimate of drug-likeness (QED) is 0.235. The molecule has 0 spiro atoms. The minimum absolute atomic E-state index is 0.780. The van der Waals surface area contributed by atoms with Crippen LogP contribution in [-0.4, -0.2) is 250 Å². The average Bonchev–Trinajstić information content (AvgIpc) is 3.95. The van der Waals surface area contributed by atoms with Gasteiger partial charge < -0.3 is 61.0 Å². The smallest absolute Gasteiger partial charge is 0.0594 e. The number of likely N-dealkylation sites (tertiary alicyclic amines) is 3. The van der Waals surface area contributed by atoms with E-state index in [1.807, 2.05) is 0 Å². The predicted octanol–water partition coefficient (Wildman–Crippen LogP) is 2.94. The molecule has 11 fully saturated rings. The van der Waals surface area contributed by atoms with Crippen molar-refractivity contribution in [3.8, 4) is 0 Å². The Balaban J connectivity index is 0.000000131. The van der Waals surface area contributed by atoms with Crippen molar-refractivity contribution in [1.29, 1.82) is 0 Å². The lowest BCUT2D eigenvalue weighted by Gasteiger charge is -2.40. The van der Waals surface area contributed by atoms with Crippen LogP contribution in [-0.2, 0) is 9.47 Å². The second-order valence-corrected chi connectivity index (χ2v) is 21.4. The normalized spacial score (nSPS) is 29.2. The van der Waals surface area contributed by atoms with Gasteiger partial charge in [0, 0.05) is 69.0 Å². The van der Waals surface area contributed by atoms with Gasteiger partial charge in [0.2, 0.25) is 0 Å². The zero-order valence-electron chi connectivity index (χ0n) is 43.1. The Morgan fingerprint density at radius 2 is 0.621 bits per heavy atom. The summed E-state index contributed by atoms with van der Waals surface area (Å²) in [5.74, 6) is 0. The first-order chi connectivity index (χ1) is 32.6. The van der Waals surface area contributed by atoms with Crippen LogP contribution in [0.1, 0.15) is 116 Å². The molecule has 11 aliphatic heterocycles. The molecule has 6 N–H and O–H groups in total. The lowest BCUT2D eigenvalue weighted by Crippen LogP contribution is -2.50. The molecule has 11 rings (SSSR count). The number of nitrogens with one attached hydrogen (secondary N) is 6. The zero-order valence-corrected chi connectivity index (χ0v) is 43.1. The first kappa shape index (κ1) is 54.8. The molecular formula is C52H106N12O2. The Morgan fingerprint density at radius 3 is 0.924 bits per heavy atom. The van der Waals surface area contributed by atoms with Gasteiger partial charge in [0.25, 0.3) is 0 Å². The standard InChI is InChI=1S/C10H20N2.2C9H18N2O.C9H18N2.C8H16N2.C7H16N2/c1-2-8-12(9-3-1)10-4-6-11-7-5-10;1-3-10-4-2-9(1)11-5-7-12-8-6-11;1-2-9(8-10-3-1)11-4-6-12-7-5-11;1-2-8-11(7-1)9-3-5-10-6-4-9;1-6-10(7-1)8-2-4-9-5-3-8;1-9(2)7-3-5-8-6-4-7/h10-11H,1-9H2;2*9-10H,1-8H2;9-10H,1-8H2;8-9H,1-7H2;7-8H,3-6H2,1-2H3. The van der Waals surface area contributed by atoms with Gasteiger partial charge in [-0.3, -0.25) is 9.80 Å². The summed E-state index contributed by atoms with van der Waals surface area (Å²) < 4.78 is 10.7. The number of hydrogen-bond donors (Lipinski definition) is 6. The summed E-state index contributed by atoms with van der Waals surface area (Å²) in [7, 11) is 4.33. The van der Waals surface area contributed by atoms with Gasteiger partial charge in [-0.25, -0.2) is 0 Å². The number of ether oxygens (including phenoxy) is 2. The molecule has 0 aromatic heterocycles. The highest BCUT2D eigenvalue weighted by Crippen LogP contribution is 2.20. The van der Waals surface area contributed by atoms with Gasteiger partial charge in [0.15, 0.2) is 0 Å². The molecule has 14 heteroatoms. The van der Waals surface area contributed by atoms with Gasteiger partial charge >= 0.3 is 0 Å². The fraction of sp³-hybridized carbons (Fsp3) is 1.00. The SMILES string of the molecule is C1CC(N2CCOCC2)CCN1.C1CCN(C2CCNCC2)C1.C1CCN(C2CCNCC2)CC1.C1CN(C2CCNCC2)C1.C1CNCC(N2CCOCC2)C1.CN(C)C1CCNCC1. The summed E-state index contributed by atoms with van der Waals surface area (Å²) in [6.07, 6.45) is 24.8. The van der Waals surface area contributed by atoms with E-state index in [9.17, 15) is 0 Å².